The van der Waals surface area contributed by atoms with Crippen molar-refractivity contribution in [3.05, 3.63) is 71.9 Å². The second kappa shape index (κ2) is 9.96. The molecule has 7 nitrogen and oxygen atoms in total. The fraction of sp³-hybridized carbons (Fsp3) is 0.286. The number of hydrogen-bond acceptors (Lipinski definition) is 4. The molecule has 164 valence electrons. The molecule has 0 amide bonds. The molecule has 2 aromatic heterocycles. The van der Waals surface area contributed by atoms with Gasteiger partial charge >= 0.3 is 6.18 Å². The fourth-order valence-corrected chi connectivity index (χ4v) is 2.76. The maximum absolute atomic E-state index is 12.5. The zero-order valence-electron chi connectivity index (χ0n) is 17.1. The van der Waals surface area contributed by atoms with Gasteiger partial charge < -0.3 is 15.4 Å². The minimum Gasteiger partial charge on any atom is -0.484 e. The topological polar surface area (TPSA) is 76.4 Å². The van der Waals surface area contributed by atoms with Gasteiger partial charge in [0, 0.05) is 44.3 Å². The average Bonchev–Trinajstić information content (AvgIpc) is 3.28. The molecule has 0 bridgehead atoms. The molecule has 0 spiro atoms. The van der Waals surface area contributed by atoms with Crippen molar-refractivity contribution in [1.29, 1.82) is 0 Å². The Kier molecular flexibility index (Phi) is 7.11. The van der Waals surface area contributed by atoms with Gasteiger partial charge in [-0.2, -0.15) is 13.2 Å². The van der Waals surface area contributed by atoms with Crippen molar-refractivity contribution in [2.45, 2.75) is 26.2 Å². The van der Waals surface area contributed by atoms with Crippen LogP contribution >= 0.6 is 0 Å². The van der Waals surface area contributed by atoms with Crippen LogP contribution in [0.4, 0.5) is 13.2 Å². The molecule has 3 rings (SSSR count). The Morgan fingerprint density at radius 2 is 1.97 bits per heavy atom. The zero-order chi connectivity index (χ0) is 22.3. The summed E-state index contributed by atoms with van der Waals surface area (Å²) >= 11 is 0. The summed E-state index contributed by atoms with van der Waals surface area (Å²) in [5.74, 6) is 1.45. The Morgan fingerprint density at radius 1 is 1.16 bits per heavy atom. The highest BCUT2D eigenvalue weighted by atomic mass is 19.4. The summed E-state index contributed by atoms with van der Waals surface area (Å²) in [6, 6.07) is 8.96. The lowest BCUT2D eigenvalue weighted by Crippen LogP contribution is -2.36. The molecule has 1 aromatic carbocycles. The number of imidazole rings is 1. The zero-order valence-corrected chi connectivity index (χ0v) is 17.1. The van der Waals surface area contributed by atoms with Crippen molar-refractivity contribution in [3.8, 4) is 11.6 Å². The summed E-state index contributed by atoms with van der Waals surface area (Å²) in [7, 11) is 1.62. The smallest absolute Gasteiger partial charge is 0.422 e. The van der Waals surface area contributed by atoms with Gasteiger partial charge in [-0.15, -0.1) is 0 Å². The Balaban J connectivity index is 1.56. The first-order chi connectivity index (χ1) is 14.8. The average molecular weight is 432 g/mol. The van der Waals surface area contributed by atoms with Gasteiger partial charge in [-0.3, -0.25) is 9.56 Å². The monoisotopic (exact) mass is 432 g/mol. The molecule has 2 N–H and O–H groups in total. The summed E-state index contributed by atoms with van der Waals surface area (Å²) in [5, 5.41) is 6.25. The summed E-state index contributed by atoms with van der Waals surface area (Å²) < 4.78 is 44.4. The molecule has 0 fully saturated rings. The van der Waals surface area contributed by atoms with Crippen LogP contribution in [0.5, 0.6) is 5.75 Å². The molecule has 0 aliphatic carbocycles. The highest BCUT2D eigenvalue weighted by Gasteiger charge is 2.28. The molecule has 0 unspecified atom stereocenters. The van der Waals surface area contributed by atoms with Crippen molar-refractivity contribution in [3.63, 3.8) is 0 Å². The maximum Gasteiger partial charge on any atom is 0.422 e. The van der Waals surface area contributed by atoms with Crippen LogP contribution in [0.15, 0.2) is 60.2 Å². The van der Waals surface area contributed by atoms with E-state index in [0.29, 0.717) is 18.1 Å². The minimum atomic E-state index is -4.40. The third kappa shape index (κ3) is 6.73. The first-order valence-electron chi connectivity index (χ1n) is 9.51. The molecule has 0 aliphatic heterocycles. The molecule has 2 heterocycles. The van der Waals surface area contributed by atoms with Crippen LogP contribution in [0.1, 0.15) is 16.7 Å². The predicted molar refractivity (Wildman–Crippen MR) is 111 cm³/mol. The highest BCUT2D eigenvalue weighted by molar-refractivity contribution is 5.79. The van der Waals surface area contributed by atoms with E-state index < -0.39 is 12.8 Å². The van der Waals surface area contributed by atoms with E-state index in [9.17, 15) is 13.2 Å². The van der Waals surface area contributed by atoms with Crippen molar-refractivity contribution >= 4 is 5.96 Å². The molecule has 0 aliphatic rings. The lowest BCUT2D eigenvalue weighted by atomic mass is 10.1. The van der Waals surface area contributed by atoms with Crippen LogP contribution in [0, 0.1) is 6.92 Å². The van der Waals surface area contributed by atoms with Gasteiger partial charge in [-0.25, -0.2) is 9.97 Å². The number of aliphatic imine (C=N–C) groups is 1. The quantitative estimate of drug-likeness (QED) is 0.442. The Hall–Kier alpha value is -3.56. The lowest BCUT2D eigenvalue weighted by molar-refractivity contribution is -0.153. The second-order valence-electron chi connectivity index (χ2n) is 6.79. The lowest BCUT2D eigenvalue weighted by Gasteiger charge is -2.16. The van der Waals surface area contributed by atoms with E-state index in [-0.39, 0.29) is 12.3 Å². The van der Waals surface area contributed by atoms with Crippen molar-refractivity contribution in [1.82, 2.24) is 25.2 Å². The molecular weight excluding hydrogens is 409 g/mol. The van der Waals surface area contributed by atoms with Gasteiger partial charge in [0.15, 0.2) is 12.6 Å². The summed E-state index contributed by atoms with van der Waals surface area (Å²) in [6.45, 7) is 1.19. The van der Waals surface area contributed by atoms with E-state index in [1.54, 1.807) is 49.4 Å². The minimum absolute atomic E-state index is 0.194. The number of pyridine rings is 1. The standard InChI is InChI=1S/C21H23F3N6O/c1-15-3-5-17(18(9-15)31-13-21(22,23)24)12-29-20(25-2)28-11-16-4-6-19(27-10-16)30-8-7-26-14-30/h3-10,14H,11-13H2,1-2H3,(H2,25,28,29). The Bertz CT molecular complexity index is 1000. The van der Waals surface area contributed by atoms with Crippen molar-refractivity contribution < 1.29 is 17.9 Å². The maximum atomic E-state index is 12.5. The van der Waals surface area contributed by atoms with Crippen molar-refractivity contribution in [2.75, 3.05) is 13.7 Å². The molecule has 0 saturated heterocycles. The molecule has 0 atom stereocenters. The van der Waals surface area contributed by atoms with Crippen LogP contribution in [-0.2, 0) is 13.1 Å². The molecule has 31 heavy (non-hydrogen) atoms. The van der Waals surface area contributed by atoms with Crippen LogP contribution in [0.3, 0.4) is 0 Å². The van der Waals surface area contributed by atoms with Gasteiger partial charge in [-0.1, -0.05) is 18.2 Å². The summed E-state index contributed by atoms with van der Waals surface area (Å²) in [6.07, 6.45) is 2.51. The highest BCUT2D eigenvalue weighted by Crippen LogP contribution is 2.23. The number of nitrogens with one attached hydrogen (secondary N) is 2. The number of guanidine groups is 1. The number of hydrogen-bond donors (Lipinski definition) is 2. The van der Waals surface area contributed by atoms with Crippen molar-refractivity contribution in [2.24, 2.45) is 4.99 Å². The number of benzene rings is 1. The molecular formula is C21H23F3N6O. The number of halogens is 3. The largest absolute Gasteiger partial charge is 0.484 e. The number of ether oxygens (including phenoxy) is 1. The van der Waals surface area contributed by atoms with Gasteiger partial charge in [-0.05, 0) is 30.2 Å². The van der Waals surface area contributed by atoms with Gasteiger partial charge in [0.1, 0.15) is 17.9 Å². The van der Waals surface area contributed by atoms with Gasteiger partial charge in [0.2, 0.25) is 0 Å². The Morgan fingerprint density at radius 3 is 2.61 bits per heavy atom. The van der Waals surface area contributed by atoms with Crippen LogP contribution in [0.25, 0.3) is 5.82 Å². The second-order valence-corrected chi connectivity index (χ2v) is 6.79. The molecule has 0 radical (unpaired) electrons. The van der Waals surface area contributed by atoms with E-state index in [4.69, 9.17) is 4.74 Å². The first-order valence-corrected chi connectivity index (χ1v) is 9.51. The molecule has 0 saturated carbocycles. The molecule has 10 heteroatoms. The van der Waals surface area contributed by atoms with Gasteiger partial charge in [0.05, 0.1) is 0 Å². The van der Waals surface area contributed by atoms with Crippen LogP contribution < -0.4 is 15.4 Å². The molecule has 3 aromatic rings. The number of aryl methyl sites for hydroxylation is 1. The number of rotatable bonds is 7. The van der Waals surface area contributed by atoms with E-state index in [1.165, 1.54) is 0 Å². The van der Waals surface area contributed by atoms with Crippen LogP contribution in [-0.4, -0.2) is 40.3 Å². The first kappa shape index (κ1) is 22.1. The van der Waals surface area contributed by atoms with E-state index in [2.05, 4.69) is 25.6 Å². The third-order valence-corrected chi connectivity index (χ3v) is 4.32. The normalized spacial score (nSPS) is 12.0. The summed E-state index contributed by atoms with van der Waals surface area (Å²) in [5.41, 5.74) is 2.36. The van der Waals surface area contributed by atoms with E-state index in [1.807, 2.05) is 24.4 Å². The Labute approximate surface area is 178 Å². The fourth-order valence-electron chi connectivity index (χ4n) is 2.76. The van der Waals surface area contributed by atoms with Gasteiger partial charge in [0.25, 0.3) is 0 Å². The van der Waals surface area contributed by atoms with E-state index in [0.717, 1.165) is 16.9 Å². The number of nitrogens with zero attached hydrogens (tertiary/aromatic N) is 4. The third-order valence-electron chi connectivity index (χ3n) is 4.32. The number of aromatic nitrogens is 3. The van der Waals surface area contributed by atoms with E-state index >= 15 is 0 Å². The SMILES string of the molecule is CN=C(NCc1ccc(-n2ccnc2)nc1)NCc1ccc(C)cc1OCC(F)(F)F. The number of alkyl halides is 3. The summed E-state index contributed by atoms with van der Waals surface area (Å²) in [4.78, 5) is 12.5. The van der Waals surface area contributed by atoms with Crippen LogP contribution in [0.2, 0.25) is 0 Å². The predicted octanol–water partition coefficient (Wildman–Crippen LogP) is 3.38.